The number of nitrogens with zero attached hydrogens (tertiary/aromatic N) is 5. The van der Waals surface area contributed by atoms with Crippen LogP contribution in [0.15, 0.2) is 36.9 Å². The van der Waals surface area contributed by atoms with Crippen LogP contribution in [0.3, 0.4) is 0 Å². The number of pyridine rings is 1. The number of carbonyl (C=O) groups excluding carboxylic acids is 1. The molecule has 200 valence electrons. The fourth-order valence-electron chi connectivity index (χ4n) is 5.63. The highest BCUT2D eigenvalue weighted by molar-refractivity contribution is 6.04. The summed E-state index contributed by atoms with van der Waals surface area (Å²) in [7, 11) is 0. The van der Waals surface area contributed by atoms with Crippen molar-refractivity contribution in [3.8, 4) is 16.9 Å². The van der Waals surface area contributed by atoms with Crippen LogP contribution < -0.4 is 10.1 Å². The van der Waals surface area contributed by atoms with Gasteiger partial charge in [0.15, 0.2) is 5.69 Å². The SMILES string of the molecule is Cc1cc2c(cn1)-c1cnc(NCc3c(F)ccc4c3CCO4)n3cnc(c13)C(=O)N(CC1COCCO1)C2. The Kier molecular flexibility index (Phi) is 5.89. The van der Waals surface area contributed by atoms with Crippen LogP contribution >= 0.6 is 0 Å². The van der Waals surface area contributed by atoms with Crippen molar-refractivity contribution in [1.29, 1.82) is 0 Å². The maximum atomic E-state index is 14.8. The third-order valence-electron chi connectivity index (χ3n) is 7.51. The standard InChI is InChI=1S/C28H27FN6O4/c1-16-8-17-12-34(13-18-14-37-6-7-38-18)27(36)25-26-22(20(17)9-30-16)11-32-28(35(26)15-33-25)31-10-21-19-4-5-39-24(19)3-2-23(21)29/h2-3,8-9,11,15,18H,4-7,10,12-14H2,1H3,(H,31,32). The number of imidazole rings is 1. The molecular weight excluding hydrogens is 503 g/mol. The first-order valence-corrected chi connectivity index (χ1v) is 13.0. The molecule has 39 heavy (non-hydrogen) atoms. The Morgan fingerprint density at radius 3 is 2.90 bits per heavy atom. The number of aromatic nitrogens is 4. The van der Waals surface area contributed by atoms with E-state index in [1.54, 1.807) is 27.9 Å². The molecule has 0 saturated carbocycles. The number of fused-ring (bicyclic) bond motifs is 3. The monoisotopic (exact) mass is 530 g/mol. The van der Waals surface area contributed by atoms with Crippen LogP contribution in [0.1, 0.15) is 32.9 Å². The van der Waals surface area contributed by atoms with Crippen LogP contribution in [0, 0.1) is 12.7 Å². The Morgan fingerprint density at radius 1 is 1.13 bits per heavy atom. The molecule has 7 rings (SSSR count). The van der Waals surface area contributed by atoms with Gasteiger partial charge in [-0.15, -0.1) is 0 Å². The Labute approximate surface area is 223 Å². The molecule has 0 bridgehead atoms. The van der Waals surface area contributed by atoms with Gasteiger partial charge in [-0.1, -0.05) is 0 Å². The Balaban J connectivity index is 1.30. The lowest BCUT2D eigenvalue weighted by Crippen LogP contribution is -2.43. The van der Waals surface area contributed by atoms with Gasteiger partial charge >= 0.3 is 0 Å². The lowest BCUT2D eigenvalue weighted by atomic mass is 9.98. The number of carbonyl (C=O) groups is 1. The minimum atomic E-state index is -0.296. The van der Waals surface area contributed by atoms with E-state index in [0.29, 0.717) is 74.4 Å². The summed E-state index contributed by atoms with van der Waals surface area (Å²) in [4.78, 5) is 29.4. The van der Waals surface area contributed by atoms with E-state index in [0.717, 1.165) is 27.9 Å². The molecule has 10 nitrogen and oxygen atoms in total. The second-order valence-corrected chi connectivity index (χ2v) is 10.00. The zero-order valence-electron chi connectivity index (χ0n) is 21.4. The topological polar surface area (TPSA) is 103 Å². The molecule has 11 heteroatoms. The number of hydrogen-bond donors (Lipinski definition) is 1. The zero-order chi connectivity index (χ0) is 26.5. The Bertz CT molecular complexity index is 1600. The molecule has 1 N–H and O–H groups in total. The number of hydrogen-bond acceptors (Lipinski definition) is 8. The average Bonchev–Trinajstić information content (AvgIpc) is 3.60. The predicted molar refractivity (Wildman–Crippen MR) is 139 cm³/mol. The number of ether oxygens (including phenoxy) is 3. The summed E-state index contributed by atoms with van der Waals surface area (Å²) in [6.45, 7) is 4.94. The number of nitrogens with one attached hydrogen (secondary N) is 1. The highest BCUT2D eigenvalue weighted by Gasteiger charge is 2.31. The van der Waals surface area contributed by atoms with Crippen LogP contribution in [0.2, 0.25) is 0 Å². The third kappa shape index (κ3) is 4.18. The molecule has 3 aliphatic heterocycles. The smallest absolute Gasteiger partial charge is 0.275 e. The number of aryl methyl sites for hydroxylation is 1. The number of halogens is 1. The molecule has 0 radical (unpaired) electrons. The van der Waals surface area contributed by atoms with Gasteiger partial charge in [-0.05, 0) is 30.7 Å². The summed E-state index contributed by atoms with van der Waals surface area (Å²) in [5.41, 5.74) is 5.83. The van der Waals surface area contributed by atoms with Crippen molar-refractivity contribution in [2.75, 3.05) is 38.3 Å². The van der Waals surface area contributed by atoms with Gasteiger partial charge in [0.2, 0.25) is 5.95 Å². The van der Waals surface area contributed by atoms with Gasteiger partial charge in [0, 0.05) is 66.4 Å². The molecule has 6 heterocycles. The first-order chi connectivity index (χ1) is 19.1. The van der Waals surface area contributed by atoms with Gasteiger partial charge in [0.25, 0.3) is 5.91 Å². The molecule has 1 amide bonds. The quantitative estimate of drug-likeness (QED) is 0.420. The van der Waals surface area contributed by atoms with Gasteiger partial charge in [0.05, 0.1) is 38.0 Å². The molecule has 1 saturated heterocycles. The molecular formula is C28H27FN6O4. The molecule has 1 atom stereocenters. The molecule has 1 aromatic carbocycles. The molecule has 3 aliphatic rings. The van der Waals surface area contributed by atoms with E-state index in [1.807, 2.05) is 19.2 Å². The second-order valence-electron chi connectivity index (χ2n) is 10.00. The van der Waals surface area contributed by atoms with Crippen molar-refractivity contribution in [3.05, 3.63) is 70.8 Å². The van der Waals surface area contributed by atoms with E-state index in [9.17, 15) is 9.18 Å². The first kappa shape index (κ1) is 24.0. The third-order valence-corrected chi connectivity index (χ3v) is 7.51. The molecule has 1 unspecified atom stereocenters. The number of anilines is 1. The maximum absolute atomic E-state index is 14.8. The molecule has 4 aromatic rings. The lowest BCUT2D eigenvalue weighted by Gasteiger charge is -2.31. The summed E-state index contributed by atoms with van der Waals surface area (Å²) in [6.07, 6.45) is 5.58. The minimum absolute atomic E-state index is 0.200. The van der Waals surface area contributed by atoms with Crippen molar-refractivity contribution >= 4 is 17.4 Å². The van der Waals surface area contributed by atoms with Gasteiger partial charge in [-0.2, -0.15) is 0 Å². The highest BCUT2D eigenvalue weighted by Crippen LogP contribution is 2.35. The average molecular weight is 531 g/mol. The Morgan fingerprint density at radius 2 is 2.03 bits per heavy atom. The van der Waals surface area contributed by atoms with Crippen LogP contribution in [0.5, 0.6) is 5.75 Å². The van der Waals surface area contributed by atoms with Crippen LogP contribution in [0.4, 0.5) is 10.3 Å². The Hall–Kier alpha value is -4.09. The van der Waals surface area contributed by atoms with Crippen molar-refractivity contribution in [3.63, 3.8) is 0 Å². The fourth-order valence-corrected chi connectivity index (χ4v) is 5.63. The number of benzene rings is 1. The van der Waals surface area contributed by atoms with Crippen molar-refractivity contribution < 1.29 is 23.4 Å². The summed E-state index contributed by atoms with van der Waals surface area (Å²) >= 11 is 0. The van der Waals surface area contributed by atoms with E-state index in [1.165, 1.54) is 6.07 Å². The van der Waals surface area contributed by atoms with Gasteiger partial charge < -0.3 is 24.4 Å². The van der Waals surface area contributed by atoms with Gasteiger partial charge in [-0.3, -0.25) is 14.2 Å². The van der Waals surface area contributed by atoms with Crippen molar-refractivity contribution in [1.82, 2.24) is 24.3 Å². The molecule has 0 spiro atoms. The van der Waals surface area contributed by atoms with E-state index in [4.69, 9.17) is 14.2 Å². The van der Waals surface area contributed by atoms with E-state index >= 15 is 0 Å². The largest absolute Gasteiger partial charge is 0.493 e. The van der Waals surface area contributed by atoms with Crippen molar-refractivity contribution in [2.24, 2.45) is 0 Å². The zero-order valence-corrected chi connectivity index (χ0v) is 21.4. The van der Waals surface area contributed by atoms with Gasteiger partial charge in [-0.25, -0.2) is 14.4 Å². The normalized spacial score (nSPS) is 18.4. The highest BCUT2D eigenvalue weighted by atomic mass is 19.1. The summed E-state index contributed by atoms with van der Waals surface area (Å²) in [6, 6.07) is 5.09. The fraction of sp³-hybridized carbons (Fsp3) is 0.357. The predicted octanol–water partition coefficient (Wildman–Crippen LogP) is 3.16. The summed E-state index contributed by atoms with van der Waals surface area (Å²) < 4.78 is 33.6. The van der Waals surface area contributed by atoms with Crippen LogP contribution in [-0.4, -0.2) is 69.2 Å². The second kappa shape index (κ2) is 9.58. The van der Waals surface area contributed by atoms with E-state index < -0.39 is 0 Å². The van der Waals surface area contributed by atoms with E-state index in [2.05, 4.69) is 20.3 Å². The number of amides is 1. The summed E-state index contributed by atoms with van der Waals surface area (Å²) in [5, 5.41) is 3.26. The van der Waals surface area contributed by atoms with Gasteiger partial charge in [0.1, 0.15) is 17.9 Å². The first-order valence-electron chi connectivity index (χ1n) is 13.0. The minimum Gasteiger partial charge on any atom is -0.493 e. The molecule has 0 aliphatic carbocycles. The lowest BCUT2D eigenvalue weighted by molar-refractivity contribution is -0.0953. The van der Waals surface area contributed by atoms with Crippen molar-refractivity contribution in [2.45, 2.75) is 32.5 Å². The maximum Gasteiger partial charge on any atom is 0.275 e. The molecule has 3 aromatic heterocycles. The number of rotatable bonds is 5. The van der Waals surface area contributed by atoms with Crippen LogP contribution in [-0.2, 0) is 29.0 Å². The van der Waals surface area contributed by atoms with E-state index in [-0.39, 0.29) is 24.4 Å². The summed E-state index contributed by atoms with van der Waals surface area (Å²) in [5.74, 6) is 0.671. The van der Waals surface area contributed by atoms with Crippen LogP contribution in [0.25, 0.3) is 16.6 Å². The molecule has 1 fully saturated rings.